The normalized spacial score (nSPS) is 9.94. The van der Waals surface area contributed by atoms with Crippen LogP contribution in [0.2, 0.25) is 0 Å². The van der Waals surface area contributed by atoms with Crippen LogP contribution in [0.15, 0.2) is 42.5 Å². The highest BCUT2D eigenvalue weighted by Crippen LogP contribution is 2.27. The van der Waals surface area contributed by atoms with E-state index in [0.717, 1.165) is 4.88 Å². The first-order valence-electron chi connectivity index (χ1n) is 5.25. The Morgan fingerprint density at radius 3 is 2.71 bits per heavy atom. The van der Waals surface area contributed by atoms with E-state index in [0.29, 0.717) is 6.54 Å². The van der Waals surface area contributed by atoms with Crippen molar-refractivity contribution in [2.75, 3.05) is 7.11 Å². The monoisotopic (exact) mass is 247 g/mol. The number of methoxy groups -OCH3 is 1. The highest BCUT2D eigenvalue weighted by molar-refractivity contribution is 7.15. The molecule has 2 rings (SSSR count). The zero-order valence-corrected chi connectivity index (χ0v) is 10.3. The zero-order valence-electron chi connectivity index (χ0n) is 9.47. The van der Waals surface area contributed by atoms with Gasteiger partial charge in [-0.2, -0.15) is 0 Å². The van der Waals surface area contributed by atoms with Crippen molar-refractivity contribution in [1.82, 2.24) is 5.32 Å². The average Bonchev–Trinajstić information content (AvgIpc) is 2.86. The minimum Gasteiger partial charge on any atom is -0.453 e. The van der Waals surface area contributed by atoms with E-state index in [-0.39, 0.29) is 0 Å². The van der Waals surface area contributed by atoms with Gasteiger partial charge in [0.15, 0.2) is 0 Å². The Hall–Kier alpha value is -1.81. The fourth-order valence-electron chi connectivity index (χ4n) is 1.46. The molecule has 1 aromatic heterocycles. The fourth-order valence-corrected chi connectivity index (χ4v) is 2.41. The summed E-state index contributed by atoms with van der Waals surface area (Å²) in [6.45, 7) is 0.504. The van der Waals surface area contributed by atoms with Crippen molar-refractivity contribution in [2.24, 2.45) is 0 Å². The smallest absolute Gasteiger partial charge is 0.407 e. The number of nitrogens with one attached hydrogen (secondary N) is 1. The Balaban J connectivity index is 2.04. The quantitative estimate of drug-likeness (QED) is 0.904. The molecule has 0 saturated heterocycles. The van der Waals surface area contributed by atoms with Gasteiger partial charge in [0.2, 0.25) is 0 Å². The minimum absolute atomic E-state index is 0.403. The molecule has 1 amide bonds. The maximum atomic E-state index is 10.9. The lowest BCUT2D eigenvalue weighted by Crippen LogP contribution is -2.21. The van der Waals surface area contributed by atoms with Crippen LogP contribution in [0.5, 0.6) is 0 Å². The molecule has 1 heterocycles. The molecule has 88 valence electrons. The van der Waals surface area contributed by atoms with E-state index in [1.807, 2.05) is 24.3 Å². The van der Waals surface area contributed by atoms with Gasteiger partial charge in [-0.05, 0) is 17.7 Å². The molecule has 1 aromatic carbocycles. The van der Waals surface area contributed by atoms with Crippen LogP contribution >= 0.6 is 11.3 Å². The van der Waals surface area contributed by atoms with Crippen molar-refractivity contribution in [1.29, 1.82) is 0 Å². The number of benzene rings is 1. The summed E-state index contributed by atoms with van der Waals surface area (Å²) in [5.74, 6) is 0. The highest BCUT2D eigenvalue weighted by Gasteiger charge is 2.04. The van der Waals surface area contributed by atoms with Crippen molar-refractivity contribution in [3.63, 3.8) is 0 Å². The van der Waals surface area contributed by atoms with Crippen molar-refractivity contribution >= 4 is 17.4 Å². The van der Waals surface area contributed by atoms with E-state index < -0.39 is 6.09 Å². The molecule has 0 unspecified atom stereocenters. The van der Waals surface area contributed by atoms with Crippen molar-refractivity contribution in [2.45, 2.75) is 6.54 Å². The van der Waals surface area contributed by atoms with Crippen LogP contribution in [0.4, 0.5) is 4.79 Å². The van der Waals surface area contributed by atoms with Crippen molar-refractivity contribution in [3.05, 3.63) is 47.3 Å². The maximum absolute atomic E-state index is 10.9. The first-order valence-corrected chi connectivity index (χ1v) is 6.07. The van der Waals surface area contributed by atoms with Gasteiger partial charge in [-0.3, -0.25) is 0 Å². The van der Waals surface area contributed by atoms with Crippen LogP contribution in [0.3, 0.4) is 0 Å². The molecule has 0 aliphatic heterocycles. The van der Waals surface area contributed by atoms with Gasteiger partial charge in [0.25, 0.3) is 0 Å². The minimum atomic E-state index is -0.403. The summed E-state index contributed by atoms with van der Waals surface area (Å²) in [5.41, 5.74) is 1.20. The average molecular weight is 247 g/mol. The van der Waals surface area contributed by atoms with Gasteiger partial charge in [-0.15, -0.1) is 11.3 Å². The summed E-state index contributed by atoms with van der Waals surface area (Å²) in [5, 5.41) is 2.66. The van der Waals surface area contributed by atoms with E-state index in [9.17, 15) is 4.79 Å². The van der Waals surface area contributed by atoms with Crippen LogP contribution in [-0.4, -0.2) is 13.2 Å². The molecule has 0 saturated carbocycles. The van der Waals surface area contributed by atoms with E-state index in [4.69, 9.17) is 0 Å². The van der Waals surface area contributed by atoms with Gasteiger partial charge < -0.3 is 10.1 Å². The predicted molar refractivity (Wildman–Crippen MR) is 69.0 cm³/mol. The van der Waals surface area contributed by atoms with Crippen molar-refractivity contribution in [3.8, 4) is 10.4 Å². The van der Waals surface area contributed by atoms with Crippen LogP contribution in [0.25, 0.3) is 10.4 Å². The number of ether oxygens (including phenoxy) is 1. The Labute approximate surface area is 104 Å². The molecule has 0 fully saturated rings. The van der Waals surface area contributed by atoms with E-state index in [1.165, 1.54) is 17.6 Å². The number of hydrogen-bond acceptors (Lipinski definition) is 3. The second-order valence-corrected chi connectivity index (χ2v) is 4.65. The number of amides is 1. The molecule has 0 radical (unpaired) electrons. The topological polar surface area (TPSA) is 38.3 Å². The molecule has 4 heteroatoms. The van der Waals surface area contributed by atoms with Crippen LogP contribution in [0.1, 0.15) is 4.88 Å². The van der Waals surface area contributed by atoms with E-state index >= 15 is 0 Å². The number of carbonyl (C=O) groups excluding carboxylic acids is 1. The summed E-state index contributed by atoms with van der Waals surface area (Å²) in [7, 11) is 1.36. The van der Waals surface area contributed by atoms with Gasteiger partial charge in [-0.1, -0.05) is 30.3 Å². The largest absolute Gasteiger partial charge is 0.453 e. The highest BCUT2D eigenvalue weighted by atomic mass is 32.1. The molecule has 1 N–H and O–H groups in total. The first kappa shape index (κ1) is 11.7. The Morgan fingerprint density at radius 2 is 2.00 bits per heavy atom. The second-order valence-electron chi connectivity index (χ2n) is 3.48. The summed E-state index contributed by atoms with van der Waals surface area (Å²) >= 11 is 1.67. The number of hydrogen-bond donors (Lipinski definition) is 1. The van der Waals surface area contributed by atoms with E-state index in [1.54, 1.807) is 11.3 Å². The fraction of sp³-hybridized carbons (Fsp3) is 0.154. The summed E-state index contributed by atoms with van der Waals surface area (Å²) < 4.78 is 4.52. The van der Waals surface area contributed by atoms with Gasteiger partial charge in [-0.25, -0.2) is 4.79 Å². The maximum Gasteiger partial charge on any atom is 0.407 e. The van der Waals surface area contributed by atoms with Crippen molar-refractivity contribution < 1.29 is 9.53 Å². The van der Waals surface area contributed by atoms with Crippen LogP contribution < -0.4 is 5.32 Å². The Bertz CT molecular complexity index is 493. The van der Waals surface area contributed by atoms with Gasteiger partial charge in [0.05, 0.1) is 13.7 Å². The lowest BCUT2D eigenvalue weighted by Gasteiger charge is -2.00. The lowest BCUT2D eigenvalue weighted by atomic mass is 10.2. The molecule has 3 nitrogen and oxygen atoms in total. The molecule has 0 bridgehead atoms. The Kier molecular flexibility index (Phi) is 3.77. The Morgan fingerprint density at radius 1 is 1.24 bits per heavy atom. The van der Waals surface area contributed by atoms with Gasteiger partial charge in [0.1, 0.15) is 0 Å². The molecule has 0 aliphatic rings. The van der Waals surface area contributed by atoms with Crippen LogP contribution in [-0.2, 0) is 11.3 Å². The molecule has 0 spiro atoms. The second kappa shape index (κ2) is 5.50. The third kappa shape index (κ3) is 3.07. The SMILES string of the molecule is COC(=O)NCc1ccc(-c2ccccc2)s1. The number of alkyl carbamates (subject to hydrolysis) is 1. The molecular formula is C13H13NO2S. The van der Waals surface area contributed by atoms with Crippen LogP contribution in [0, 0.1) is 0 Å². The third-order valence-electron chi connectivity index (χ3n) is 2.31. The molecule has 2 aromatic rings. The third-order valence-corrected chi connectivity index (χ3v) is 3.45. The lowest BCUT2D eigenvalue weighted by molar-refractivity contribution is 0.170. The summed E-state index contributed by atoms with van der Waals surface area (Å²) in [6.07, 6.45) is -0.403. The first-order chi connectivity index (χ1) is 8.29. The van der Waals surface area contributed by atoms with Gasteiger partial charge in [0, 0.05) is 9.75 Å². The number of thiophene rings is 1. The molecule has 0 atom stereocenters. The van der Waals surface area contributed by atoms with E-state index in [2.05, 4.69) is 28.3 Å². The number of rotatable bonds is 3. The summed E-state index contributed by atoms with van der Waals surface area (Å²) in [4.78, 5) is 13.2. The standard InChI is InChI=1S/C13H13NO2S/c1-16-13(15)14-9-11-7-8-12(17-11)10-5-3-2-4-6-10/h2-8H,9H2,1H3,(H,14,15). The number of carbonyl (C=O) groups is 1. The summed E-state index contributed by atoms with van der Waals surface area (Å²) in [6, 6.07) is 14.3. The van der Waals surface area contributed by atoms with Gasteiger partial charge >= 0.3 is 6.09 Å². The molecule has 0 aliphatic carbocycles. The zero-order chi connectivity index (χ0) is 12.1. The molecular weight excluding hydrogens is 234 g/mol. The predicted octanol–water partition coefficient (Wildman–Crippen LogP) is 3.27. The molecule has 17 heavy (non-hydrogen) atoms.